The Kier molecular flexibility index (Phi) is 8.48. The van der Waals surface area contributed by atoms with Gasteiger partial charge < -0.3 is 34.2 Å². The number of carboxylic acid groups (broad SMARTS) is 1. The van der Waals surface area contributed by atoms with Crippen LogP contribution < -0.4 is 34.8 Å². The van der Waals surface area contributed by atoms with Gasteiger partial charge in [-0.3, -0.25) is 4.79 Å². The number of nitrogens with one attached hydrogen (secondary N) is 1. The summed E-state index contributed by atoms with van der Waals surface area (Å²) in [6.07, 6.45) is 3.53. The standard InChI is InChI=1S/C22H33N3O6.Li/c1-21(2,3)31-20(29)24-9-7-22(4,8-10-24)23-17-13-18(26)25(14-16(17)19(27)28)15-5-11-30-12-6-15;/h13-15,23H,5-12H2,1-4H3,(H,27,28);/q;+1/p-1. The van der Waals surface area contributed by atoms with Crippen molar-refractivity contribution in [2.24, 2.45) is 0 Å². The van der Waals surface area contributed by atoms with Gasteiger partial charge in [0.25, 0.3) is 5.56 Å². The number of anilines is 1. The Morgan fingerprint density at radius 1 is 1.22 bits per heavy atom. The van der Waals surface area contributed by atoms with Crippen LogP contribution in [0.1, 0.15) is 69.8 Å². The van der Waals surface area contributed by atoms with Gasteiger partial charge in [-0.2, -0.15) is 0 Å². The Hall–Kier alpha value is -1.95. The van der Waals surface area contributed by atoms with Crippen molar-refractivity contribution in [3.63, 3.8) is 0 Å². The van der Waals surface area contributed by atoms with Crippen LogP contribution in [0.25, 0.3) is 0 Å². The number of ether oxygens (including phenoxy) is 2. The van der Waals surface area contributed by atoms with Gasteiger partial charge in [-0.1, -0.05) is 0 Å². The molecule has 0 atom stereocenters. The SMILES string of the molecule is CC1(Nc2cc(=O)n(C3CCOCC3)cc2C(=O)[O-])CCN(C(=O)OC(C)(C)C)CC1.[Li+]. The van der Waals surface area contributed by atoms with E-state index in [0.717, 1.165) is 0 Å². The second-order valence-electron chi connectivity index (χ2n) is 9.63. The third kappa shape index (κ3) is 6.53. The summed E-state index contributed by atoms with van der Waals surface area (Å²) in [5, 5.41) is 15.1. The van der Waals surface area contributed by atoms with Gasteiger partial charge >= 0.3 is 25.0 Å². The smallest absolute Gasteiger partial charge is 0.545 e. The van der Waals surface area contributed by atoms with E-state index in [-0.39, 0.29) is 47.8 Å². The van der Waals surface area contributed by atoms with Gasteiger partial charge in [-0.15, -0.1) is 0 Å². The molecule has 2 fully saturated rings. The van der Waals surface area contributed by atoms with Gasteiger partial charge in [0.05, 0.1) is 11.7 Å². The van der Waals surface area contributed by atoms with E-state index in [9.17, 15) is 19.5 Å². The van der Waals surface area contributed by atoms with Crippen LogP contribution in [-0.2, 0) is 9.47 Å². The minimum absolute atomic E-state index is 0. The maximum absolute atomic E-state index is 12.7. The fraction of sp³-hybridized carbons (Fsp3) is 0.682. The number of rotatable bonds is 4. The second kappa shape index (κ2) is 10.3. The van der Waals surface area contributed by atoms with Gasteiger partial charge in [0, 0.05) is 55.7 Å². The van der Waals surface area contributed by atoms with E-state index in [1.54, 1.807) is 4.90 Å². The average Bonchev–Trinajstić information content (AvgIpc) is 2.67. The molecule has 10 heteroatoms. The van der Waals surface area contributed by atoms with Gasteiger partial charge in [-0.05, 0) is 53.4 Å². The molecule has 32 heavy (non-hydrogen) atoms. The van der Waals surface area contributed by atoms with Crippen LogP contribution in [0.2, 0.25) is 0 Å². The number of carbonyl (C=O) groups is 2. The molecule has 0 spiro atoms. The van der Waals surface area contributed by atoms with Crippen LogP contribution in [0.15, 0.2) is 17.1 Å². The number of likely N-dealkylation sites (tertiary alicyclic amines) is 1. The van der Waals surface area contributed by atoms with Crippen LogP contribution >= 0.6 is 0 Å². The zero-order valence-electron chi connectivity index (χ0n) is 19.7. The molecule has 0 saturated carbocycles. The molecule has 3 rings (SSSR count). The maximum atomic E-state index is 12.7. The average molecular weight is 441 g/mol. The normalized spacial score (nSPS) is 19.1. The maximum Gasteiger partial charge on any atom is 1.00 e. The van der Waals surface area contributed by atoms with Crippen LogP contribution in [-0.4, -0.2) is 59.0 Å². The molecular weight excluding hydrogens is 409 g/mol. The number of hydrogen-bond acceptors (Lipinski definition) is 7. The molecule has 0 aromatic carbocycles. The summed E-state index contributed by atoms with van der Waals surface area (Å²) in [6.45, 7) is 9.46. The van der Waals surface area contributed by atoms with Crippen LogP contribution in [0.4, 0.5) is 10.5 Å². The third-order valence-electron chi connectivity index (χ3n) is 5.84. The van der Waals surface area contributed by atoms with Crippen molar-refractivity contribution < 1.29 is 43.0 Å². The van der Waals surface area contributed by atoms with E-state index in [1.807, 2.05) is 27.7 Å². The molecule has 2 aliphatic rings. The minimum atomic E-state index is -1.34. The van der Waals surface area contributed by atoms with Crippen molar-refractivity contribution in [1.82, 2.24) is 9.47 Å². The zero-order chi connectivity index (χ0) is 22.8. The Balaban J connectivity index is 0.00000363. The number of piperidine rings is 1. The predicted octanol–water partition coefficient (Wildman–Crippen LogP) is -1.23. The first kappa shape index (κ1) is 26.3. The molecule has 1 N–H and O–H groups in total. The first-order valence-corrected chi connectivity index (χ1v) is 10.8. The van der Waals surface area contributed by atoms with Gasteiger partial charge in [0.1, 0.15) is 5.60 Å². The van der Waals surface area contributed by atoms with E-state index < -0.39 is 17.1 Å². The van der Waals surface area contributed by atoms with Crippen molar-refractivity contribution in [2.75, 3.05) is 31.6 Å². The molecule has 0 radical (unpaired) electrons. The van der Waals surface area contributed by atoms with Crippen molar-refractivity contribution in [1.29, 1.82) is 0 Å². The van der Waals surface area contributed by atoms with Crippen molar-refractivity contribution in [2.45, 2.75) is 70.6 Å². The van der Waals surface area contributed by atoms with Crippen LogP contribution in [0.5, 0.6) is 0 Å². The molecule has 9 nitrogen and oxygen atoms in total. The Labute approximate surface area is 200 Å². The number of amides is 1. The summed E-state index contributed by atoms with van der Waals surface area (Å²) in [5.74, 6) is -1.34. The largest absolute Gasteiger partial charge is 1.00 e. The van der Waals surface area contributed by atoms with E-state index in [2.05, 4.69) is 5.32 Å². The molecular formula is C22H32LiN3O6. The molecule has 1 amide bonds. The number of aromatic carboxylic acids is 1. The molecule has 2 saturated heterocycles. The molecule has 2 aliphatic heterocycles. The van der Waals surface area contributed by atoms with E-state index in [0.29, 0.717) is 52.0 Å². The summed E-state index contributed by atoms with van der Waals surface area (Å²) in [6, 6.07) is 1.26. The number of nitrogens with zero attached hydrogens (tertiary/aromatic N) is 2. The summed E-state index contributed by atoms with van der Waals surface area (Å²) in [7, 11) is 0. The van der Waals surface area contributed by atoms with Crippen molar-refractivity contribution in [3.8, 4) is 0 Å². The first-order valence-electron chi connectivity index (χ1n) is 10.8. The fourth-order valence-electron chi connectivity index (χ4n) is 4.02. The van der Waals surface area contributed by atoms with Gasteiger partial charge in [0.15, 0.2) is 0 Å². The van der Waals surface area contributed by atoms with Crippen LogP contribution in [0, 0.1) is 0 Å². The first-order chi connectivity index (χ1) is 14.5. The number of hydrogen-bond donors (Lipinski definition) is 1. The number of aromatic nitrogens is 1. The molecule has 0 bridgehead atoms. The number of pyridine rings is 1. The molecule has 1 aromatic heterocycles. The number of carbonyl (C=O) groups excluding carboxylic acids is 2. The van der Waals surface area contributed by atoms with Gasteiger partial charge in [-0.25, -0.2) is 4.79 Å². The molecule has 172 valence electrons. The molecule has 0 unspecified atom stereocenters. The van der Waals surface area contributed by atoms with E-state index >= 15 is 0 Å². The number of carboxylic acids is 1. The minimum Gasteiger partial charge on any atom is -0.545 e. The second-order valence-corrected chi connectivity index (χ2v) is 9.63. The zero-order valence-corrected chi connectivity index (χ0v) is 19.7. The molecule has 0 aliphatic carbocycles. The molecule has 3 heterocycles. The van der Waals surface area contributed by atoms with Gasteiger partial charge in [0.2, 0.25) is 0 Å². The van der Waals surface area contributed by atoms with Crippen molar-refractivity contribution >= 4 is 17.7 Å². The Morgan fingerprint density at radius 2 is 1.81 bits per heavy atom. The molecule has 1 aromatic rings. The predicted molar refractivity (Wildman–Crippen MR) is 113 cm³/mol. The summed E-state index contributed by atoms with van der Waals surface area (Å²) < 4.78 is 12.2. The summed E-state index contributed by atoms with van der Waals surface area (Å²) >= 11 is 0. The van der Waals surface area contributed by atoms with E-state index in [1.165, 1.54) is 16.8 Å². The van der Waals surface area contributed by atoms with Crippen molar-refractivity contribution in [3.05, 3.63) is 28.2 Å². The fourth-order valence-corrected chi connectivity index (χ4v) is 4.02. The quantitative estimate of drug-likeness (QED) is 0.582. The summed E-state index contributed by atoms with van der Waals surface area (Å²) in [4.78, 5) is 38.5. The Morgan fingerprint density at radius 3 is 2.34 bits per heavy atom. The summed E-state index contributed by atoms with van der Waals surface area (Å²) in [5.41, 5.74) is -1.08. The third-order valence-corrected chi connectivity index (χ3v) is 5.84. The van der Waals surface area contributed by atoms with Crippen LogP contribution in [0.3, 0.4) is 0 Å². The monoisotopic (exact) mass is 441 g/mol. The topological polar surface area (TPSA) is 113 Å². The Bertz CT molecular complexity index is 881. The van der Waals surface area contributed by atoms with E-state index in [4.69, 9.17) is 9.47 Å².